The SMILES string of the molecule is CCc1ccccc1NC(=S)N(Cc1cc2cc(C)ccc2[nH]c1=O)C1CCCCC1. The van der Waals surface area contributed by atoms with Gasteiger partial charge in [-0.1, -0.05) is 56.0 Å². The van der Waals surface area contributed by atoms with Crippen molar-refractivity contribution >= 4 is 33.9 Å². The maximum absolute atomic E-state index is 12.9. The number of aryl methyl sites for hydroxylation is 2. The molecule has 0 bridgehead atoms. The third-order valence-corrected chi connectivity index (χ3v) is 6.67. The standard InChI is InChI=1S/C26H31N3OS/c1-3-19-9-7-8-12-23(19)28-26(31)29(22-10-5-4-6-11-22)17-21-16-20-15-18(2)13-14-24(20)27-25(21)30/h7-9,12-16,22H,3-6,10-11,17H2,1-2H3,(H,27,30)(H,28,31). The van der Waals surface area contributed by atoms with Crippen LogP contribution < -0.4 is 10.9 Å². The number of pyridine rings is 1. The fourth-order valence-corrected chi connectivity index (χ4v) is 4.89. The first-order valence-electron chi connectivity index (χ1n) is 11.3. The molecule has 1 aliphatic rings. The van der Waals surface area contributed by atoms with Crippen molar-refractivity contribution < 1.29 is 0 Å². The van der Waals surface area contributed by atoms with Crippen molar-refractivity contribution in [3.8, 4) is 0 Å². The van der Waals surface area contributed by atoms with Gasteiger partial charge in [-0.05, 0) is 73.6 Å². The summed E-state index contributed by atoms with van der Waals surface area (Å²) in [6.07, 6.45) is 6.87. The Balaban J connectivity index is 1.65. The maximum atomic E-state index is 12.9. The Hall–Kier alpha value is -2.66. The first-order chi connectivity index (χ1) is 15.0. The van der Waals surface area contributed by atoms with Gasteiger partial charge in [0.15, 0.2) is 5.11 Å². The summed E-state index contributed by atoms with van der Waals surface area (Å²) < 4.78 is 0. The Morgan fingerprint density at radius 1 is 1.10 bits per heavy atom. The Kier molecular flexibility index (Phi) is 6.71. The van der Waals surface area contributed by atoms with Gasteiger partial charge in [-0.25, -0.2) is 0 Å². The van der Waals surface area contributed by atoms with Gasteiger partial charge < -0.3 is 15.2 Å². The minimum atomic E-state index is -0.0334. The second-order valence-corrected chi connectivity index (χ2v) is 8.96. The molecule has 162 valence electrons. The van der Waals surface area contributed by atoms with Gasteiger partial charge in [-0.3, -0.25) is 4.79 Å². The number of nitrogens with zero attached hydrogens (tertiary/aromatic N) is 1. The van der Waals surface area contributed by atoms with Crippen LogP contribution in [0.1, 0.15) is 55.7 Å². The molecule has 0 amide bonds. The number of benzene rings is 2. The van der Waals surface area contributed by atoms with Crippen LogP contribution in [-0.2, 0) is 13.0 Å². The number of para-hydroxylation sites is 1. The van der Waals surface area contributed by atoms with Gasteiger partial charge in [0, 0.05) is 22.8 Å². The molecule has 4 nitrogen and oxygen atoms in total. The zero-order valence-corrected chi connectivity index (χ0v) is 19.2. The molecule has 0 spiro atoms. The van der Waals surface area contributed by atoms with E-state index >= 15 is 0 Å². The molecular weight excluding hydrogens is 402 g/mol. The first kappa shape index (κ1) is 21.6. The molecule has 31 heavy (non-hydrogen) atoms. The predicted octanol–water partition coefficient (Wildman–Crippen LogP) is 5.93. The Morgan fingerprint density at radius 3 is 2.65 bits per heavy atom. The van der Waals surface area contributed by atoms with Crippen molar-refractivity contribution in [3.05, 3.63) is 75.6 Å². The van der Waals surface area contributed by atoms with Gasteiger partial charge in [0.1, 0.15) is 0 Å². The number of hydrogen-bond acceptors (Lipinski definition) is 2. The molecular formula is C26H31N3OS. The van der Waals surface area contributed by atoms with E-state index in [2.05, 4.69) is 53.3 Å². The third kappa shape index (κ3) is 4.99. The highest BCUT2D eigenvalue weighted by Crippen LogP contribution is 2.26. The monoisotopic (exact) mass is 433 g/mol. The van der Waals surface area contributed by atoms with E-state index in [0.29, 0.717) is 17.7 Å². The number of hydrogen-bond donors (Lipinski definition) is 2. The number of anilines is 1. The van der Waals surface area contributed by atoms with E-state index in [1.165, 1.54) is 30.4 Å². The summed E-state index contributed by atoms with van der Waals surface area (Å²) in [5.74, 6) is 0. The molecule has 1 saturated carbocycles. The summed E-state index contributed by atoms with van der Waals surface area (Å²) in [6.45, 7) is 4.74. The lowest BCUT2D eigenvalue weighted by atomic mass is 9.94. The lowest BCUT2D eigenvalue weighted by Crippen LogP contribution is -2.44. The maximum Gasteiger partial charge on any atom is 0.253 e. The van der Waals surface area contributed by atoms with Crippen LogP contribution in [0.15, 0.2) is 53.3 Å². The van der Waals surface area contributed by atoms with Gasteiger partial charge in [0.25, 0.3) is 5.56 Å². The van der Waals surface area contributed by atoms with Crippen LogP contribution in [0.4, 0.5) is 5.69 Å². The van der Waals surface area contributed by atoms with Crippen molar-refractivity contribution in [2.24, 2.45) is 0 Å². The van der Waals surface area contributed by atoms with Crippen molar-refractivity contribution in [2.45, 2.75) is 65.0 Å². The van der Waals surface area contributed by atoms with Crippen LogP contribution in [0.2, 0.25) is 0 Å². The zero-order chi connectivity index (χ0) is 21.8. The van der Waals surface area contributed by atoms with Crippen molar-refractivity contribution in [1.29, 1.82) is 0 Å². The molecule has 0 radical (unpaired) electrons. The minimum Gasteiger partial charge on any atom is -0.342 e. The molecule has 5 heteroatoms. The average molecular weight is 434 g/mol. The number of nitrogens with one attached hydrogen (secondary N) is 2. The summed E-state index contributed by atoms with van der Waals surface area (Å²) in [7, 11) is 0. The first-order valence-corrected chi connectivity index (χ1v) is 11.7. The Labute approximate surface area is 189 Å². The number of aromatic nitrogens is 1. The lowest BCUT2D eigenvalue weighted by Gasteiger charge is -2.36. The van der Waals surface area contributed by atoms with Crippen LogP contribution in [0.3, 0.4) is 0 Å². The smallest absolute Gasteiger partial charge is 0.253 e. The largest absolute Gasteiger partial charge is 0.342 e. The second-order valence-electron chi connectivity index (χ2n) is 8.57. The molecule has 2 aromatic carbocycles. The predicted molar refractivity (Wildman–Crippen MR) is 134 cm³/mol. The van der Waals surface area contributed by atoms with E-state index in [4.69, 9.17) is 12.2 Å². The van der Waals surface area contributed by atoms with Crippen LogP contribution in [0.5, 0.6) is 0 Å². The molecule has 0 unspecified atom stereocenters. The number of H-pyrrole nitrogens is 1. The molecule has 0 saturated heterocycles. The normalized spacial score (nSPS) is 14.5. The summed E-state index contributed by atoms with van der Waals surface area (Å²) in [5, 5.41) is 5.26. The average Bonchev–Trinajstić information content (AvgIpc) is 2.78. The van der Waals surface area contributed by atoms with Crippen molar-refractivity contribution in [3.63, 3.8) is 0 Å². The minimum absolute atomic E-state index is 0.0334. The topological polar surface area (TPSA) is 48.1 Å². The van der Waals surface area contributed by atoms with Gasteiger partial charge >= 0.3 is 0 Å². The highest BCUT2D eigenvalue weighted by atomic mass is 32.1. The number of fused-ring (bicyclic) bond motifs is 1. The molecule has 2 N–H and O–H groups in total. The summed E-state index contributed by atoms with van der Waals surface area (Å²) in [6, 6.07) is 16.8. The molecule has 1 aromatic heterocycles. The van der Waals surface area contributed by atoms with E-state index in [1.54, 1.807) is 0 Å². The van der Waals surface area contributed by atoms with E-state index < -0.39 is 0 Å². The Bertz CT molecular complexity index is 1130. The van der Waals surface area contributed by atoms with E-state index in [0.717, 1.165) is 41.4 Å². The molecule has 3 aromatic rings. The van der Waals surface area contributed by atoms with Crippen molar-refractivity contribution in [1.82, 2.24) is 9.88 Å². The summed E-state index contributed by atoms with van der Waals surface area (Å²) >= 11 is 5.91. The molecule has 4 rings (SSSR count). The number of aromatic amines is 1. The second kappa shape index (κ2) is 9.65. The zero-order valence-electron chi connectivity index (χ0n) is 18.4. The Morgan fingerprint density at radius 2 is 1.87 bits per heavy atom. The lowest BCUT2D eigenvalue weighted by molar-refractivity contribution is 0.240. The third-order valence-electron chi connectivity index (χ3n) is 6.33. The van der Waals surface area contributed by atoms with E-state index in [9.17, 15) is 4.79 Å². The van der Waals surface area contributed by atoms with E-state index in [1.807, 2.05) is 24.3 Å². The molecule has 1 fully saturated rings. The van der Waals surface area contributed by atoms with Gasteiger partial charge in [0.2, 0.25) is 0 Å². The van der Waals surface area contributed by atoms with E-state index in [-0.39, 0.29) is 5.56 Å². The number of rotatable bonds is 5. The van der Waals surface area contributed by atoms with Crippen molar-refractivity contribution in [2.75, 3.05) is 5.32 Å². The fraction of sp³-hybridized carbons (Fsp3) is 0.385. The van der Waals surface area contributed by atoms with Gasteiger partial charge in [-0.2, -0.15) is 0 Å². The summed E-state index contributed by atoms with van der Waals surface area (Å²) in [5.41, 5.74) is 5.08. The fourth-order valence-electron chi connectivity index (χ4n) is 4.57. The van der Waals surface area contributed by atoms with Gasteiger partial charge in [0.05, 0.1) is 6.54 Å². The van der Waals surface area contributed by atoms with Crippen LogP contribution >= 0.6 is 12.2 Å². The molecule has 0 aliphatic heterocycles. The molecule has 1 aliphatic carbocycles. The van der Waals surface area contributed by atoms with Gasteiger partial charge in [-0.15, -0.1) is 0 Å². The number of thiocarbonyl (C=S) groups is 1. The van der Waals surface area contributed by atoms with Crippen LogP contribution in [-0.4, -0.2) is 21.0 Å². The molecule has 0 atom stereocenters. The quantitative estimate of drug-likeness (QED) is 0.490. The van der Waals surface area contributed by atoms with Crippen LogP contribution in [0.25, 0.3) is 10.9 Å². The highest BCUT2D eigenvalue weighted by molar-refractivity contribution is 7.80. The molecule has 1 heterocycles. The summed E-state index contributed by atoms with van der Waals surface area (Å²) in [4.78, 5) is 18.2. The van der Waals surface area contributed by atoms with Crippen LogP contribution in [0, 0.1) is 6.92 Å². The highest BCUT2D eigenvalue weighted by Gasteiger charge is 2.25.